The van der Waals surface area contributed by atoms with Crippen LogP contribution in [0.2, 0.25) is 0 Å². The van der Waals surface area contributed by atoms with Gasteiger partial charge in [-0.3, -0.25) is 0 Å². The number of oxime groups is 1. The smallest absolute Gasteiger partial charge is 0.219 e. The first kappa shape index (κ1) is 12.8. The molecule has 6 nitrogen and oxygen atoms in total. The lowest BCUT2D eigenvalue weighted by Crippen LogP contribution is -2.13. The summed E-state index contributed by atoms with van der Waals surface area (Å²) in [5.41, 5.74) is 6.64. The van der Waals surface area contributed by atoms with E-state index in [1.165, 1.54) is 6.20 Å². The van der Waals surface area contributed by atoms with E-state index in [1.807, 2.05) is 0 Å². The van der Waals surface area contributed by atoms with E-state index in [9.17, 15) is 5.11 Å². The molecule has 0 unspecified atom stereocenters. The molecular weight excluding hydrogens is 246 g/mol. The van der Waals surface area contributed by atoms with Crippen molar-refractivity contribution in [2.45, 2.75) is 6.61 Å². The lowest BCUT2D eigenvalue weighted by molar-refractivity contribution is 0.276. The van der Waals surface area contributed by atoms with Crippen LogP contribution in [0.15, 0.2) is 47.8 Å². The molecule has 19 heavy (non-hydrogen) atoms. The number of para-hydroxylation sites is 1. The van der Waals surface area contributed by atoms with E-state index >= 15 is 0 Å². The summed E-state index contributed by atoms with van der Waals surface area (Å²) in [6.07, 6.45) is 1.49. The van der Waals surface area contributed by atoms with Crippen LogP contribution in [0.3, 0.4) is 0 Å². The van der Waals surface area contributed by atoms with Crippen LogP contribution in [-0.2, 0) is 6.61 Å². The van der Waals surface area contributed by atoms with Crippen molar-refractivity contribution in [2.24, 2.45) is 10.9 Å². The SMILES string of the molecule is NC(=NO)c1ccnc(Oc2ccccc2CO)c1. The average Bonchev–Trinajstić information content (AvgIpc) is 2.47. The molecule has 0 saturated carbocycles. The highest BCUT2D eigenvalue weighted by atomic mass is 16.5. The lowest BCUT2D eigenvalue weighted by Gasteiger charge is -2.09. The number of hydrogen-bond donors (Lipinski definition) is 3. The number of aliphatic hydroxyl groups is 1. The first-order chi connectivity index (χ1) is 9.24. The number of aliphatic hydroxyl groups excluding tert-OH is 1. The van der Waals surface area contributed by atoms with E-state index in [0.29, 0.717) is 22.8 Å². The molecule has 6 heteroatoms. The molecule has 0 saturated heterocycles. The lowest BCUT2D eigenvalue weighted by atomic mass is 10.2. The second-order valence-corrected chi connectivity index (χ2v) is 3.74. The number of amidine groups is 1. The van der Waals surface area contributed by atoms with Crippen molar-refractivity contribution in [2.75, 3.05) is 0 Å². The van der Waals surface area contributed by atoms with Gasteiger partial charge in [0.25, 0.3) is 0 Å². The highest BCUT2D eigenvalue weighted by Crippen LogP contribution is 2.24. The van der Waals surface area contributed by atoms with Crippen LogP contribution in [0.4, 0.5) is 0 Å². The summed E-state index contributed by atoms with van der Waals surface area (Å²) in [6, 6.07) is 10.2. The third kappa shape index (κ3) is 2.99. The summed E-state index contributed by atoms with van der Waals surface area (Å²) < 4.78 is 5.57. The Morgan fingerprint density at radius 3 is 2.84 bits per heavy atom. The van der Waals surface area contributed by atoms with Crippen LogP contribution in [-0.4, -0.2) is 21.1 Å². The number of nitrogens with two attached hydrogens (primary N) is 1. The minimum atomic E-state index is -0.129. The molecule has 1 aromatic carbocycles. The maximum atomic E-state index is 9.20. The maximum Gasteiger partial charge on any atom is 0.219 e. The zero-order chi connectivity index (χ0) is 13.7. The molecule has 0 aliphatic carbocycles. The maximum absolute atomic E-state index is 9.20. The zero-order valence-electron chi connectivity index (χ0n) is 10.0. The van der Waals surface area contributed by atoms with Crippen LogP contribution in [0.5, 0.6) is 11.6 Å². The molecule has 4 N–H and O–H groups in total. The van der Waals surface area contributed by atoms with Gasteiger partial charge in [-0.1, -0.05) is 23.4 Å². The Hall–Kier alpha value is -2.60. The number of benzene rings is 1. The van der Waals surface area contributed by atoms with E-state index in [1.54, 1.807) is 36.4 Å². The zero-order valence-corrected chi connectivity index (χ0v) is 10.0. The van der Waals surface area contributed by atoms with Gasteiger partial charge in [-0.05, 0) is 12.1 Å². The fourth-order valence-electron chi connectivity index (χ4n) is 1.53. The summed E-state index contributed by atoms with van der Waals surface area (Å²) in [5, 5.41) is 20.7. The number of aromatic nitrogens is 1. The van der Waals surface area contributed by atoms with E-state index in [-0.39, 0.29) is 12.4 Å². The highest BCUT2D eigenvalue weighted by Gasteiger charge is 2.06. The van der Waals surface area contributed by atoms with Crippen LogP contribution in [0, 0.1) is 0 Å². The third-order valence-corrected chi connectivity index (χ3v) is 2.50. The normalized spacial score (nSPS) is 11.3. The van der Waals surface area contributed by atoms with Gasteiger partial charge in [0.2, 0.25) is 5.88 Å². The molecule has 0 spiro atoms. The molecule has 0 aliphatic rings. The Kier molecular flexibility index (Phi) is 3.94. The van der Waals surface area contributed by atoms with E-state index in [4.69, 9.17) is 15.7 Å². The molecule has 0 aliphatic heterocycles. The molecule has 0 fully saturated rings. The van der Waals surface area contributed by atoms with Crippen molar-refractivity contribution >= 4 is 5.84 Å². The second kappa shape index (κ2) is 5.83. The molecule has 1 aromatic heterocycles. The van der Waals surface area contributed by atoms with Gasteiger partial charge in [-0.25, -0.2) is 4.98 Å². The van der Waals surface area contributed by atoms with Gasteiger partial charge in [0.1, 0.15) is 5.75 Å². The molecule has 2 rings (SSSR count). The minimum Gasteiger partial charge on any atom is -0.439 e. The van der Waals surface area contributed by atoms with Gasteiger partial charge in [0.15, 0.2) is 5.84 Å². The van der Waals surface area contributed by atoms with Crippen LogP contribution < -0.4 is 10.5 Å². The molecule has 0 bridgehead atoms. The van der Waals surface area contributed by atoms with Crippen molar-refractivity contribution in [1.82, 2.24) is 4.98 Å². The highest BCUT2D eigenvalue weighted by molar-refractivity contribution is 5.97. The Balaban J connectivity index is 2.28. The Labute approximate surface area is 109 Å². The minimum absolute atomic E-state index is 0.0253. The molecular formula is C13H13N3O3. The molecule has 0 radical (unpaired) electrons. The Morgan fingerprint density at radius 1 is 1.32 bits per heavy atom. The number of hydrogen-bond acceptors (Lipinski definition) is 5. The average molecular weight is 259 g/mol. The van der Waals surface area contributed by atoms with Gasteiger partial charge < -0.3 is 20.8 Å². The molecule has 1 heterocycles. The number of ether oxygens (including phenoxy) is 1. The van der Waals surface area contributed by atoms with E-state index in [0.717, 1.165) is 0 Å². The quantitative estimate of drug-likeness (QED) is 0.334. The number of rotatable bonds is 4. The van der Waals surface area contributed by atoms with Crippen molar-refractivity contribution < 1.29 is 15.1 Å². The standard InChI is InChI=1S/C13H13N3O3/c14-13(16-18)9-5-6-15-12(7-9)19-11-4-2-1-3-10(11)8-17/h1-7,17-18H,8H2,(H2,14,16). The Bertz CT molecular complexity index is 599. The van der Waals surface area contributed by atoms with E-state index in [2.05, 4.69) is 10.1 Å². The Morgan fingerprint density at radius 2 is 2.11 bits per heavy atom. The summed E-state index contributed by atoms with van der Waals surface area (Å²) in [5.74, 6) is 0.779. The van der Waals surface area contributed by atoms with Crippen LogP contribution in [0.25, 0.3) is 0 Å². The van der Waals surface area contributed by atoms with Gasteiger partial charge in [-0.15, -0.1) is 0 Å². The van der Waals surface area contributed by atoms with Gasteiger partial charge in [-0.2, -0.15) is 0 Å². The summed E-state index contributed by atoms with van der Waals surface area (Å²) in [7, 11) is 0. The number of nitrogens with zero attached hydrogens (tertiary/aromatic N) is 2. The van der Waals surface area contributed by atoms with Crippen molar-refractivity contribution in [1.29, 1.82) is 0 Å². The summed E-state index contributed by atoms with van der Waals surface area (Å²) in [6.45, 7) is -0.129. The molecule has 98 valence electrons. The van der Waals surface area contributed by atoms with Crippen molar-refractivity contribution in [3.8, 4) is 11.6 Å². The third-order valence-electron chi connectivity index (χ3n) is 2.50. The van der Waals surface area contributed by atoms with Gasteiger partial charge >= 0.3 is 0 Å². The fourth-order valence-corrected chi connectivity index (χ4v) is 1.53. The predicted molar refractivity (Wildman–Crippen MR) is 69.2 cm³/mol. The topological polar surface area (TPSA) is 101 Å². The summed E-state index contributed by atoms with van der Waals surface area (Å²) in [4.78, 5) is 4.03. The molecule has 2 aromatic rings. The van der Waals surface area contributed by atoms with Gasteiger partial charge in [0, 0.05) is 23.4 Å². The van der Waals surface area contributed by atoms with Crippen LogP contribution in [0.1, 0.15) is 11.1 Å². The second-order valence-electron chi connectivity index (χ2n) is 3.74. The fraction of sp³-hybridized carbons (Fsp3) is 0.0769. The molecule has 0 amide bonds. The van der Waals surface area contributed by atoms with Crippen molar-refractivity contribution in [3.05, 3.63) is 53.7 Å². The largest absolute Gasteiger partial charge is 0.439 e. The van der Waals surface area contributed by atoms with Crippen molar-refractivity contribution in [3.63, 3.8) is 0 Å². The molecule has 0 atom stereocenters. The summed E-state index contributed by atoms with van der Waals surface area (Å²) >= 11 is 0. The predicted octanol–water partition coefficient (Wildman–Crippen LogP) is 1.46. The van der Waals surface area contributed by atoms with Gasteiger partial charge in [0.05, 0.1) is 6.61 Å². The monoisotopic (exact) mass is 259 g/mol. The first-order valence-corrected chi connectivity index (χ1v) is 5.55. The first-order valence-electron chi connectivity index (χ1n) is 5.55. The van der Waals surface area contributed by atoms with E-state index < -0.39 is 0 Å². The van der Waals surface area contributed by atoms with Crippen LogP contribution >= 0.6 is 0 Å². The number of pyridine rings is 1.